The minimum absolute atomic E-state index is 0.0217. The zero-order chi connectivity index (χ0) is 19.6. The molecule has 0 radical (unpaired) electrons. The van der Waals surface area contributed by atoms with E-state index in [1.807, 2.05) is 20.8 Å². The molecule has 0 spiro atoms. The summed E-state index contributed by atoms with van der Waals surface area (Å²) >= 11 is 0. The van der Waals surface area contributed by atoms with E-state index in [2.05, 4.69) is 20.6 Å². The van der Waals surface area contributed by atoms with Crippen LogP contribution in [0.4, 0.5) is 32.3 Å². The van der Waals surface area contributed by atoms with Crippen molar-refractivity contribution >= 4 is 29.2 Å². The summed E-state index contributed by atoms with van der Waals surface area (Å²) in [7, 11) is 0. The number of ether oxygens (including phenoxy) is 1. The summed E-state index contributed by atoms with van der Waals surface area (Å²) < 4.78 is 18.3. The molecular formula is C18H23FN6O2. The summed E-state index contributed by atoms with van der Waals surface area (Å²) in [6.45, 7) is 6.49. The third-order valence-corrected chi connectivity index (χ3v) is 3.79. The van der Waals surface area contributed by atoms with E-state index >= 15 is 0 Å². The molecule has 1 amide bonds. The zero-order valence-corrected chi connectivity index (χ0v) is 15.5. The number of nitrogens with one attached hydrogen (secondary N) is 2. The Bertz CT molecular complexity index is 816. The molecule has 4 N–H and O–H groups in total. The van der Waals surface area contributed by atoms with Crippen LogP contribution >= 0.6 is 0 Å². The number of benzene rings is 1. The summed E-state index contributed by atoms with van der Waals surface area (Å²) in [6, 6.07) is 5.89. The molecule has 1 fully saturated rings. The number of anilines is 4. The fourth-order valence-corrected chi connectivity index (χ4v) is 2.47. The van der Waals surface area contributed by atoms with Gasteiger partial charge in [-0.05, 0) is 45.0 Å². The Morgan fingerprint density at radius 1 is 1.30 bits per heavy atom. The summed E-state index contributed by atoms with van der Waals surface area (Å²) in [6.07, 6.45) is 1.15. The second-order valence-corrected chi connectivity index (χ2v) is 7.36. The number of nitrogens with zero attached hydrogens (tertiary/aromatic N) is 3. The predicted molar refractivity (Wildman–Crippen MR) is 101 cm³/mol. The van der Waals surface area contributed by atoms with Gasteiger partial charge in [0.2, 0.25) is 5.95 Å². The molecular weight excluding hydrogens is 351 g/mol. The Balaban J connectivity index is 1.58. The first-order valence-corrected chi connectivity index (χ1v) is 8.59. The molecule has 8 nitrogen and oxygen atoms in total. The van der Waals surface area contributed by atoms with Crippen LogP contribution in [0.1, 0.15) is 20.8 Å². The van der Waals surface area contributed by atoms with Gasteiger partial charge in [-0.1, -0.05) is 0 Å². The molecule has 27 heavy (non-hydrogen) atoms. The van der Waals surface area contributed by atoms with Crippen molar-refractivity contribution < 1.29 is 13.9 Å². The van der Waals surface area contributed by atoms with Crippen molar-refractivity contribution in [2.45, 2.75) is 32.4 Å². The molecule has 0 bridgehead atoms. The first-order chi connectivity index (χ1) is 12.7. The average molecular weight is 374 g/mol. The Hall–Kier alpha value is -3.10. The fourth-order valence-electron chi connectivity index (χ4n) is 2.47. The maximum absolute atomic E-state index is 13.0. The highest BCUT2D eigenvalue weighted by Gasteiger charge is 2.34. The number of aromatic nitrogens is 2. The predicted octanol–water partition coefficient (Wildman–Crippen LogP) is 2.97. The molecule has 1 aromatic heterocycles. The van der Waals surface area contributed by atoms with Crippen LogP contribution in [0.3, 0.4) is 0 Å². The van der Waals surface area contributed by atoms with Crippen molar-refractivity contribution in [1.29, 1.82) is 0 Å². The van der Waals surface area contributed by atoms with E-state index < -0.39 is 5.60 Å². The van der Waals surface area contributed by atoms with Crippen LogP contribution in [-0.4, -0.2) is 45.7 Å². The smallest absolute Gasteiger partial charge is 0.410 e. The van der Waals surface area contributed by atoms with Crippen LogP contribution in [0.2, 0.25) is 0 Å². The van der Waals surface area contributed by atoms with Crippen LogP contribution in [0.5, 0.6) is 0 Å². The summed E-state index contributed by atoms with van der Waals surface area (Å²) in [4.78, 5) is 22.1. The quantitative estimate of drug-likeness (QED) is 0.755. The highest BCUT2D eigenvalue weighted by atomic mass is 19.1. The maximum atomic E-state index is 13.0. The third kappa shape index (κ3) is 4.96. The maximum Gasteiger partial charge on any atom is 0.410 e. The Morgan fingerprint density at radius 3 is 2.59 bits per heavy atom. The standard InChI is InChI=1S/C18H23FN6O2/c1-18(2,3)27-17(26)25-9-13(10-25)22-15-14(20)8-21-16(24-15)23-12-6-4-11(19)5-7-12/h4-8,13H,9-10,20H2,1-3H3,(H2,21,22,23,24). The molecule has 2 heterocycles. The number of hydrogen-bond acceptors (Lipinski definition) is 7. The zero-order valence-electron chi connectivity index (χ0n) is 15.5. The fraction of sp³-hybridized carbons (Fsp3) is 0.389. The largest absolute Gasteiger partial charge is 0.444 e. The van der Waals surface area contributed by atoms with Crippen molar-refractivity contribution in [2.24, 2.45) is 0 Å². The Labute approximate surface area is 156 Å². The summed E-state index contributed by atoms with van der Waals surface area (Å²) in [5, 5.41) is 6.20. The van der Waals surface area contributed by atoms with Gasteiger partial charge in [-0.3, -0.25) is 0 Å². The molecule has 1 aromatic carbocycles. The van der Waals surface area contributed by atoms with Gasteiger partial charge in [-0.2, -0.15) is 4.98 Å². The number of rotatable bonds is 4. The second kappa shape index (κ2) is 7.26. The number of hydrogen-bond donors (Lipinski definition) is 3. The minimum atomic E-state index is -0.520. The monoisotopic (exact) mass is 374 g/mol. The van der Waals surface area contributed by atoms with Gasteiger partial charge in [0, 0.05) is 18.8 Å². The van der Waals surface area contributed by atoms with Crippen LogP contribution in [0, 0.1) is 5.82 Å². The number of nitrogen functional groups attached to an aromatic ring is 1. The van der Waals surface area contributed by atoms with E-state index in [4.69, 9.17) is 10.5 Å². The van der Waals surface area contributed by atoms with Crippen molar-refractivity contribution in [3.8, 4) is 0 Å². The molecule has 3 rings (SSSR count). The lowest BCUT2D eigenvalue weighted by Crippen LogP contribution is -2.58. The lowest BCUT2D eigenvalue weighted by Gasteiger charge is -2.40. The van der Waals surface area contributed by atoms with E-state index in [9.17, 15) is 9.18 Å². The van der Waals surface area contributed by atoms with E-state index in [1.165, 1.54) is 18.3 Å². The minimum Gasteiger partial charge on any atom is -0.444 e. The average Bonchev–Trinajstić information content (AvgIpc) is 2.53. The molecule has 144 valence electrons. The van der Waals surface area contributed by atoms with Crippen LogP contribution in [0.15, 0.2) is 30.5 Å². The topological polar surface area (TPSA) is 105 Å². The van der Waals surface area contributed by atoms with E-state index in [1.54, 1.807) is 17.0 Å². The first kappa shape index (κ1) is 18.7. The van der Waals surface area contributed by atoms with Gasteiger partial charge >= 0.3 is 6.09 Å². The van der Waals surface area contributed by atoms with Crippen molar-refractivity contribution in [3.05, 3.63) is 36.3 Å². The van der Waals surface area contributed by atoms with Gasteiger partial charge in [0.15, 0.2) is 5.82 Å². The molecule has 0 atom stereocenters. The SMILES string of the molecule is CC(C)(C)OC(=O)N1CC(Nc2nc(Nc3ccc(F)cc3)ncc2N)C1. The van der Waals surface area contributed by atoms with E-state index in [0.29, 0.717) is 36.2 Å². The van der Waals surface area contributed by atoms with Crippen LogP contribution in [-0.2, 0) is 4.74 Å². The molecule has 1 aliphatic heterocycles. The highest BCUT2D eigenvalue weighted by Crippen LogP contribution is 2.23. The summed E-state index contributed by atoms with van der Waals surface area (Å²) in [5.41, 5.74) is 6.47. The van der Waals surface area contributed by atoms with Crippen molar-refractivity contribution in [3.63, 3.8) is 0 Å². The number of carbonyl (C=O) groups is 1. The van der Waals surface area contributed by atoms with Gasteiger partial charge in [0.25, 0.3) is 0 Å². The lowest BCUT2D eigenvalue weighted by atomic mass is 10.1. The van der Waals surface area contributed by atoms with E-state index in [-0.39, 0.29) is 18.0 Å². The number of carbonyl (C=O) groups excluding carboxylic acids is 1. The molecule has 9 heteroatoms. The van der Waals surface area contributed by atoms with Gasteiger partial charge in [-0.15, -0.1) is 0 Å². The van der Waals surface area contributed by atoms with Crippen molar-refractivity contribution in [2.75, 3.05) is 29.5 Å². The molecule has 1 saturated heterocycles. The summed E-state index contributed by atoms with van der Waals surface area (Å²) in [5.74, 6) is 0.491. The van der Waals surface area contributed by atoms with Gasteiger partial charge < -0.3 is 26.0 Å². The molecule has 1 aliphatic rings. The lowest BCUT2D eigenvalue weighted by molar-refractivity contribution is 0.0105. The number of amides is 1. The number of nitrogens with two attached hydrogens (primary N) is 1. The van der Waals surface area contributed by atoms with Crippen LogP contribution < -0.4 is 16.4 Å². The van der Waals surface area contributed by atoms with E-state index in [0.717, 1.165) is 0 Å². The molecule has 0 aliphatic carbocycles. The molecule has 0 saturated carbocycles. The van der Waals surface area contributed by atoms with Gasteiger partial charge in [0.05, 0.1) is 17.9 Å². The van der Waals surface area contributed by atoms with Crippen LogP contribution in [0.25, 0.3) is 0 Å². The molecule has 2 aromatic rings. The Morgan fingerprint density at radius 2 is 1.96 bits per heavy atom. The normalized spacial score (nSPS) is 14.4. The number of halogens is 1. The third-order valence-electron chi connectivity index (χ3n) is 3.79. The van der Waals surface area contributed by atoms with Crippen molar-refractivity contribution in [1.82, 2.24) is 14.9 Å². The first-order valence-electron chi connectivity index (χ1n) is 8.59. The number of likely N-dealkylation sites (tertiary alicyclic amines) is 1. The van der Waals surface area contributed by atoms with Gasteiger partial charge in [-0.25, -0.2) is 14.2 Å². The van der Waals surface area contributed by atoms with Gasteiger partial charge in [0.1, 0.15) is 11.4 Å². The second-order valence-electron chi connectivity index (χ2n) is 7.36. The Kier molecular flexibility index (Phi) is 5.02. The molecule has 0 unspecified atom stereocenters. The highest BCUT2D eigenvalue weighted by molar-refractivity contribution is 5.70.